The number of aromatic nitrogens is 2. The van der Waals surface area contributed by atoms with E-state index in [2.05, 4.69) is 31.1 Å². The number of halogens is 5. The van der Waals surface area contributed by atoms with Gasteiger partial charge in [-0.25, -0.2) is 4.39 Å². The monoisotopic (exact) mass is 473 g/mol. The van der Waals surface area contributed by atoms with Gasteiger partial charge in [0.25, 0.3) is 5.91 Å². The molecule has 0 spiro atoms. The smallest absolute Gasteiger partial charge is 0.387 e. The number of nitrogens with one attached hydrogen (secondary N) is 1. The Hall–Kier alpha value is -2.52. The molecule has 2 aromatic carbocycles. The molecule has 5 nitrogen and oxygen atoms in total. The number of anilines is 1. The van der Waals surface area contributed by atoms with Gasteiger partial charge in [0.2, 0.25) is 0 Å². The molecule has 146 valence electrons. The third-order valence-corrected chi connectivity index (χ3v) is 4.52. The van der Waals surface area contributed by atoms with Crippen molar-refractivity contribution in [3.8, 4) is 5.75 Å². The van der Waals surface area contributed by atoms with Crippen LogP contribution in [0, 0.1) is 5.82 Å². The minimum absolute atomic E-state index is 0.0536. The summed E-state index contributed by atoms with van der Waals surface area (Å²) in [5, 5.41) is 6.84. The van der Waals surface area contributed by atoms with Crippen molar-refractivity contribution in [2.75, 3.05) is 5.32 Å². The zero-order valence-electron chi connectivity index (χ0n) is 14.0. The van der Waals surface area contributed by atoms with Gasteiger partial charge in [-0.05, 0) is 30.3 Å². The van der Waals surface area contributed by atoms with Crippen molar-refractivity contribution in [1.29, 1.82) is 0 Å². The quantitative estimate of drug-likeness (QED) is 0.525. The highest BCUT2D eigenvalue weighted by Gasteiger charge is 2.17. The van der Waals surface area contributed by atoms with Gasteiger partial charge in [-0.2, -0.15) is 13.9 Å². The topological polar surface area (TPSA) is 56.2 Å². The maximum Gasteiger partial charge on any atom is 0.387 e. The van der Waals surface area contributed by atoms with Crippen LogP contribution in [0.25, 0.3) is 0 Å². The standard InChI is InChI=1S/C18H12BrClF3N3O2/c19-10-4-5-16(28-18(22)23)12(6-10)17(27)25-11-7-24-26(8-11)9-13-14(20)2-1-3-15(13)21/h1-8,18H,9H2,(H,25,27). The van der Waals surface area contributed by atoms with Gasteiger partial charge in [-0.15, -0.1) is 0 Å². The number of benzene rings is 2. The van der Waals surface area contributed by atoms with Gasteiger partial charge in [0, 0.05) is 21.3 Å². The minimum atomic E-state index is -3.07. The number of hydrogen-bond acceptors (Lipinski definition) is 3. The fraction of sp³-hybridized carbons (Fsp3) is 0.111. The van der Waals surface area contributed by atoms with Crippen LogP contribution in [-0.2, 0) is 6.54 Å². The molecule has 1 aromatic heterocycles. The van der Waals surface area contributed by atoms with E-state index in [9.17, 15) is 18.0 Å². The van der Waals surface area contributed by atoms with Crippen LogP contribution in [0.4, 0.5) is 18.9 Å². The second-order valence-corrected chi connectivity index (χ2v) is 6.92. The lowest BCUT2D eigenvalue weighted by Crippen LogP contribution is -2.15. The molecule has 0 radical (unpaired) electrons. The Morgan fingerprint density at radius 1 is 1.32 bits per heavy atom. The molecule has 3 rings (SSSR count). The number of carbonyl (C=O) groups excluding carboxylic acids is 1. The van der Waals surface area contributed by atoms with Crippen molar-refractivity contribution < 1.29 is 22.7 Å². The van der Waals surface area contributed by atoms with Crippen LogP contribution in [0.15, 0.2) is 53.3 Å². The molecule has 0 atom stereocenters. The summed E-state index contributed by atoms with van der Waals surface area (Å²) < 4.78 is 45.3. The first-order chi connectivity index (χ1) is 13.3. The van der Waals surface area contributed by atoms with Crippen LogP contribution in [0.3, 0.4) is 0 Å². The van der Waals surface area contributed by atoms with Crippen LogP contribution in [-0.4, -0.2) is 22.3 Å². The maximum atomic E-state index is 13.9. The number of alkyl halides is 2. The summed E-state index contributed by atoms with van der Waals surface area (Å²) in [5.41, 5.74) is 0.463. The molecular weight excluding hydrogens is 463 g/mol. The number of amides is 1. The van der Waals surface area contributed by atoms with Crippen molar-refractivity contribution in [1.82, 2.24) is 9.78 Å². The van der Waals surface area contributed by atoms with Crippen molar-refractivity contribution in [2.45, 2.75) is 13.2 Å². The zero-order chi connectivity index (χ0) is 20.3. The third kappa shape index (κ3) is 4.85. The Labute approximate surface area is 171 Å². The number of ether oxygens (including phenoxy) is 1. The maximum absolute atomic E-state index is 13.9. The van der Waals surface area contributed by atoms with E-state index >= 15 is 0 Å². The molecule has 1 amide bonds. The van der Waals surface area contributed by atoms with Gasteiger partial charge in [-0.3, -0.25) is 9.48 Å². The predicted octanol–water partition coefficient (Wildman–Crippen LogP) is 5.34. The summed E-state index contributed by atoms with van der Waals surface area (Å²) in [6.07, 6.45) is 2.81. The van der Waals surface area contributed by atoms with Gasteiger partial charge >= 0.3 is 6.61 Å². The second kappa shape index (κ2) is 8.66. The van der Waals surface area contributed by atoms with Gasteiger partial charge in [0.1, 0.15) is 11.6 Å². The molecule has 0 fully saturated rings. The summed E-state index contributed by atoms with van der Waals surface area (Å²) in [6.45, 7) is -3.01. The van der Waals surface area contributed by atoms with E-state index in [1.165, 1.54) is 47.4 Å². The number of rotatable bonds is 6. The Morgan fingerprint density at radius 2 is 2.11 bits per heavy atom. The lowest BCUT2D eigenvalue weighted by atomic mass is 10.2. The van der Waals surface area contributed by atoms with Crippen LogP contribution in [0.1, 0.15) is 15.9 Å². The molecule has 0 aliphatic carbocycles. The normalized spacial score (nSPS) is 10.9. The van der Waals surface area contributed by atoms with Crippen LogP contribution in [0.5, 0.6) is 5.75 Å². The molecule has 0 aliphatic heterocycles. The Balaban J connectivity index is 1.77. The largest absolute Gasteiger partial charge is 0.434 e. The van der Waals surface area contributed by atoms with Crippen LogP contribution >= 0.6 is 27.5 Å². The fourth-order valence-corrected chi connectivity index (χ4v) is 3.02. The van der Waals surface area contributed by atoms with Gasteiger partial charge in [0.05, 0.1) is 24.0 Å². The highest BCUT2D eigenvalue weighted by atomic mass is 79.9. The molecule has 1 N–H and O–H groups in total. The molecule has 3 aromatic rings. The molecule has 0 unspecified atom stereocenters. The number of nitrogens with zero attached hydrogens (tertiary/aromatic N) is 2. The lowest BCUT2D eigenvalue weighted by molar-refractivity contribution is -0.0501. The van der Waals surface area contributed by atoms with Crippen molar-refractivity contribution in [3.63, 3.8) is 0 Å². The van der Waals surface area contributed by atoms with Crippen LogP contribution in [0.2, 0.25) is 5.02 Å². The summed E-state index contributed by atoms with van der Waals surface area (Å²) in [7, 11) is 0. The molecule has 10 heteroatoms. The summed E-state index contributed by atoms with van der Waals surface area (Å²) in [6, 6.07) is 8.43. The summed E-state index contributed by atoms with van der Waals surface area (Å²) >= 11 is 9.18. The van der Waals surface area contributed by atoms with Gasteiger partial charge in [0.15, 0.2) is 0 Å². The van der Waals surface area contributed by atoms with E-state index in [0.29, 0.717) is 10.2 Å². The van der Waals surface area contributed by atoms with Crippen molar-refractivity contribution in [2.24, 2.45) is 0 Å². The average Bonchev–Trinajstić information content (AvgIpc) is 3.06. The van der Waals surface area contributed by atoms with E-state index in [0.717, 1.165) is 0 Å². The van der Waals surface area contributed by atoms with Crippen molar-refractivity contribution in [3.05, 3.63) is 75.2 Å². The molecule has 0 bridgehead atoms. The van der Waals surface area contributed by atoms with E-state index < -0.39 is 18.3 Å². The average molecular weight is 475 g/mol. The molecule has 28 heavy (non-hydrogen) atoms. The number of carbonyl (C=O) groups is 1. The SMILES string of the molecule is O=C(Nc1cnn(Cc2c(F)cccc2Cl)c1)c1cc(Br)ccc1OC(F)F. The Bertz CT molecular complexity index is 993. The first-order valence-electron chi connectivity index (χ1n) is 7.84. The van der Waals surface area contributed by atoms with Gasteiger partial charge in [-0.1, -0.05) is 33.6 Å². The van der Waals surface area contributed by atoms with Crippen molar-refractivity contribution >= 4 is 39.1 Å². The Kier molecular flexibility index (Phi) is 6.25. The third-order valence-electron chi connectivity index (χ3n) is 3.68. The summed E-state index contributed by atoms with van der Waals surface area (Å²) in [4.78, 5) is 12.5. The van der Waals surface area contributed by atoms with Gasteiger partial charge < -0.3 is 10.1 Å². The molecule has 0 aliphatic rings. The number of hydrogen-bond donors (Lipinski definition) is 1. The first kappa shape index (κ1) is 20.2. The molecular formula is C18H12BrClF3N3O2. The molecule has 0 saturated heterocycles. The highest BCUT2D eigenvalue weighted by molar-refractivity contribution is 9.10. The second-order valence-electron chi connectivity index (χ2n) is 5.60. The summed E-state index contributed by atoms with van der Waals surface area (Å²) in [5.74, 6) is -1.40. The fourth-order valence-electron chi connectivity index (χ4n) is 2.44. The van der Waals surface area contributed by atoms with E-state index in [1.807, 2.05) is 0 Å². The van der Waals surface area contributed by atoms with E-state index in [4.69, 9.17) is 11.6 Å². The predicted molar refractivity (Wildman–Crippen MR) is 101 cm³/mol. The molecule has 1 heterocycles. The van der Waals surface area contributed by atoms with Crippen LogP contribution < -0.4 is 10.1 Å². The lowest BCUT2D eigenvalue weighted by Gasteiger charge is -2.10. The minimum Gasteiger partial charge on any atom is -0.434 e. The highest BCUT2D eigenvalue weighted by Crippen LogP contribution is 2.26. The van der Waals surface area contributed by atoms with E-state index in [1.54, 1.807) is 6.07 Å². The first-order valence-corrected chi connectivity index (χ1v) is 9.01. The zero-order valence-corrected chi connectivity index (χ0v) is 16.3. The Morgan fingerprint density at radius 3 is 2.82 bits per heavy atom. The van der Waals surface area contributed by atoms with E-state index in [-0.39, 0.29) is 28.4 Å². The molecule has 0 saturated carbocycles.